The average molecular weight is 259 g/mol. The first-order valence-electron chi connectivity index (χ1n) is 7.69. The topological polar surface area (TPSA) is 18.5 Å². The van der Waals surface area contributed by atoms with E-state index in [0.29, 0.717) is 0 Å². The molecule has 1 saturated heterocycles. The van der Waals surface area contributed by atoms with Crippen molar-refractivity contribution in [1.82, 2.24) is 10.2 Å². The molecule has 0 amide bonds. The lowest BCUT2D eigenvalue weighted by atomic mass is 10.1. The largest absolute Gasteiger partial charge is 0.370 e. The third-order valence-electron chi connectivity index (χ3n) is 4.31. The minimum absolute atomic E-state index is 1.01. The quantitative estimate of drug-likeness (QED) is 0.893. The molecule has 1 aromatic carbocycles. The Labute approximate surface area is 116 Å². The highest BCUT2D eigenvalue weighted by Gasteiger charge is 2.15. The average Bonchev–Trinajstić information content (AvgIpc) is 2.87. The maximum absolute atomic E-state index is 3.51. The molecule has 19 heavy (non-hydrogen) atoms. The van der Waals surface area contributed by atoms with Crippen LogP contribution in [0.4, 0.5) is 5.69 Å². The molecule has 2 heterocycles. The van der Waals surface area contributed by atoms with Crippen LogP contribution in [0.15, 0.2) is 24.3 Å². The molecule has 2 aliphatic rings. The number of nitrogens with one attached hydrogen (secondary N) is 1. The van der Waals surface area contributed by atoms with Gasteiger partial charge >= 0.3 is 0 Å². The SMILES string of the molecule is c1ccc2c(c1)CNCCN2CCCN1CCCC1. The normalized spacial score (nSPS) is 20.3. The van der Waals surface area contributed by atoms with Crippen LogP contribution in [0.1, 0.15) is 24.8 Å². The maximum Gasteiger partial charge on any atom is 0.0412 e. The molecule has 3 rings (SSSR count). The molecule has 0 aromatic heterocycles. The minimum atomic E-state index is 1.01. The zero-order valence-corrected chi connectivity index (χ0v) is 11.8. The molecule has 0 saturated carbocycles. The van der Waals surface area contributed by atoms with Crippen molar-refractivity contribution in [2.45, 2.75) is 25.8 Å². The number of hydrogen-bond acceptors (Lipinski definition) is 3. The van der Waals surface area contributed by atoms with E-state index in [2.05, 4.69) is 39.4 Å². The lowest BCUT2D eigenvalue weighted by Gasteiger charge is -2.25. The molecule has 1 fully saturated rings. The number of hydrogen-bond donors (Lipinski definition) is 1. The van der Waals surface area contributed by atoms with Crippen molar-refractivity contribution in [3.05, 3.63) is 29.8 Å². The van der Waals surface area contributed by atoms with E-state index in [1.807, 2.05) is 0 Å². The second-order valence-corrected chi connectivity index (χ2v) is 5.69. The maximum atomic E-state index is 3.51. The summed E-state index contributed by atoms with van der Waals surface area (Å²) in [6.45, 7) is 8.34. The van der Waals surface area contributed by atoms with Crippen LogP contribution in [-0.4, -0.2) is 44.2 Å². The van der Waals surface area contributed by atoms with Crippen LogP contribution in [0, 0.1) is 0 Å². The van der Waals surface area contributed by atoms with E-state index in [1.54, 1.807) is 0 Å². The first-order chi connectivity index (χ1) is 9.43. The molecule has 1 aromatic rings. The number of rotatable bonds is 4. The number of benzene rings is 1. The minimum Gasteiger partial charge on any atom is -0.370 e. The second kappa shape index (κ2) is 6.40. The molecule has 0 atom stereocenters. The molecular weight excluding hydrogens is 234 g/mol. The Kier molecular flexibility index (Phi) is 4.36. The fraction of sp³-hybridized carbons (Fsp3) is 0.625. The van der Waals surface area contributed by atoms with E-state index in [4.69, 9.17) is 0 Å². The van der Waals surface area contributed by atoms with Gasteiger partial charge in [-0.2, -0.15) is 0 Å². The van der Waals surface area contributed by atoms with Crippen molar-refractivity contribution in [2.75, 3.05) is 44.2 Å². The Bertz CT molecular complexity index is 399. The molecule has 104 valence electrons. The molecular formula is C16H25N3. The van der Waals surface area contributed by atoms with E-state index in [9.17, 15) is 0 Å². The highest BCUT2D eigenvalue weighted by atomic mass is 15.2. The molecule has 3 nitrogen and oxygen atoms in total. The lowest BCUT2D eigenvalue weighted by molar-refractivity contribution is 0.334. The van der Waals surface area contributed by atoms with Crippen LogP contribution in [-0.2, 0) is 6.54 Å². The summed E-state index contributed by atoms with van der Waals surface area (Å²) < 4.78 is 0. The monoisotopic (exact) mass is 259 g/mol. The molecule has 1 N–H and O–H groups in total. The Balaban J connectivity index is 1.57. The van der Waals surface area contributed by atoms with Crippen molar-refractivity contribution in [1.29, 1.82) is 0 Å². The van der Waals surface area contributed by atoms with Gasteiger partial charge in [0.2, 0.25) is 0 Å². The summed E-state index contributed by atoms with van der Waals surface area (Å²) in [5.74, 6) is 0. The van der Waals surface area contributed by atoms with Crippen molar-refractivity contribution < 1.29 is 0 Å². The first kappa shape index (κ1) is 12.9. The number of nitrogens with zero attached hydrogens (tertiary/aromatic N) is 2. The summed E-state index contributed by atoms with van der Waals surface area (Å²) in [5, 5.41) is 3.51. The van der Waals surface area contributed by atoms with Gasteiger partial charge in [0.1, 0.15) is 0 Å². The predicted octanol–water partition coefficient (Wildman–Crippen LogP) is 2.08. The standard InChI is InChI=1S/C16H25N3/c1-2-7-16-15(6-1)14-17-8-13-19(16)12-5-11-18-9-3-4-10-18/h1-2,6-7,17H,3-5,8-14H2. The molecule has 0 radical (unpaired) electrons. The summed E-state index contributed by atoms with van der Waals surface area (Å²) in [6.07, 6.45) is 4.08. The van der Waals surface area contributed by atoms with E-state index in [-0.39, 0.29) is 0 Å². The first-order valence-corrected chi connectivity index (χ1v) is 7.69. The smallest absolute Gasteiger partial charge is 0.0412 e. The van der Waals surface area contributed by atoms with Crippen LogP contribution in [0.3, 0.4) is 0 Å². The van der Waals surface area contributed by atoms with Crippen molar-refractivity contribution in [3.8, 4) is 0 Å². The number of anilines is 1. The molecule has 0 spiro atoms. The van der Waals surface area contributed by atoms with E-state index in [0.717, 1.165) is 19.6 Å². The predicted molar refractivity (Wildman–Crippen MR) is 80.7 cm³/mol. The van der Waals surface area contributed by atoms with Gasteiger partial charge in [0, 0.05) is 31.9 Å². The Hall–Kier alpha value is -1.06. The summed E-state index contributed by atoms with van der Waals surface area (Å²) in [5.41, 5.74) is 2.88. The van der Waals surface area contributed by atoms with Crippen LogP contribution >= 0.6 is 0 Å². The van der Waals surface area contributed by atoms with Gasteiger partial charge in [-0.1, -0.05) is 18.2 Å². The fourth-order valence-corrected chi connectivity index (χ4v) is 3.25. The van der Waals surface area contributed by atoms with Crippen molar-refractivity contribution in [2.24, 2.45) is 0 Å². The zero-order valence-electron chi connectivity index (χ0n) is 11.8. The van der Waals surface area contributed by atoms with E-state index >= 15 is 0 Å². The van der Waals surface area contributed by atoms with Gasteiger partial charge in [-0.3, -0.25) is 0 Å². The third-order valence-corrected chi connectivity index (χ3v) is 4.31. The molecule has 2 aliphatic heterocycles. The Morgan fingerprint density at radius 3 is 2.74 bits per heavy atom. The second-order valence-electron chi connectivity index (χ2n) is 5.69. The zero-order chi connectivity index (χ0) is 12.9. The van der Waals surface area contributed by atoms with E-state index in [1.165, 1.54) is 56.7 Å². The lowest BCUT2D eigenvalue weighted by Crippen LogP contribution is -2.32. The van der Waals surface area contributed by atoms with Gasteiger partial charge in [-0.05, 0) is 50.5 Å². The van der Waals surface area contributed by atoms with Crippen LogP contribution in [0.2, 0.25) is 0 Å². The highest BCUT2D eigenvalue weighted by Crippen LogP contribution is 2.22. The Morgan fingerprint density at radius 1 is 1.00 bits per heavy atom. The number of para-hydroxylation sites is 1. The number of fused-ring (bicyclic) bond motifs is 1. The van der Waals surface area contributed by atoms with Crippen molar-refractivity contribution in [3.63, 3.8) is 0 Å². The third kappa shape index (κ3) is 3.28. The molecule has 3 heteroatoms. The van der Waals surface area contributed by atoms with Crippen LogP contribution < -0.4 is 10.2 Å². The molecule has 0 unspecified atom stereocenters. The van der Waals surface area contributed by atoms with Gasteiger partial charge in [-0.25, -0.2) is 0 Å². The van der Waals surface area contributed by atoms with E-state index < -0.39 is 0 Å². The van der Waals surface area contributed by atoms with Gasteiger partial charge < -0.3 is 15.1 Å². The number of likely N-dealkylation sites (tertiary alicyclic amines) is 1. The highest BCUT2D eigenvalue weighted by molar-refractivity contribution is 5.54. The van der Waals surface area contributed by atoms with Crippen LogP contribution in [0.5, 0.6) is 0 Å². The van der Waals surface area contributed by atoms with Gasteiger partial charge in [0.25, 0.3) is 0 Å². The Morgan fingerprint density at radius 2 is 1.84 bits per heavy atom. The summed E-state index contributed by atoms with van der Waals surface area (Å²) in [4.78, 5) is 5.17. The summed E-state index contributed by atoms with van der Waals surface area (Å²) in [7, 11) is 0. The van der Waals surface area contributed by atoms with Gasteiger partial charge in [0.15, 0.2) is 0 Å². The molecule has 0 aliphatic carbocycles. The van der Waals surface area contributed by atoms with Gasteiger partial charge in [-0.15, -0.1) is 0 Å². The van der Waals surface area contributed by atoms with Crippen molar-refractivity contribution >= 4 is 5.69 Å². The summed E-state index contributed by atoms with van der Waals surface area (Å²) >= 11 is 0. The fourth-order valence-electron chi connectivity index (χ4n) is 3.25. The molecule has 0 bridgehead atoms. The summed E-state index contributed by atoms with van der Waals surface area (Å²) in [6, 6.07) is 8.84. The van der Waals surface area contributed by atoms with Crippen LogP contribution in [0.25, 0.3) is 0 Å². The van der Waals surface area contributed by atoms with Gasteiger partial charge in [0.05, 0.1) is 0 Å².